The van der Waals surface area contributed by atoms with Gasteiger partial charge in [-0.2, -0.15) is 0 Å². The summed E-state index contributed by atoms with van der Waals surface area (Å²) in [4.78, 5) is 10.5. The SMILES string of the molecule is c1ccc(-c2ccc(-c3ccc4oc5c(-c6cccc7c6oc6ccccc67)nc(-c6cccc7c6oc6ccccc67)nc5c4c3)cc2)cc1. The van der Waals surface area contributed by atoms with Crippen molar-refractivity contribution in [3.8, 4) is 44.9 Å². The van der Waals surface area contributed by atoms with Crippen molar-refractivity contribution in [3.05, 3.63) is 158 Å². The smallest absolute Gasteiger partial charge is 0.180 e. The van der Waals surface area contributed by atoms with E-state index in [1.54, 1.807) is 0 Å². The van der Waals surface area contributed by atoms with Crippen molar-refractivity contribution < 1.29 is 13.3 Å². The standard InChI is InChI=1S/C46H26N2O3/c1-2-10-27(11-3-1)28-20-22-29(23-21-28)30-24-25-40-37(26-30)42-45(51-40)41(35-16-8-14-33-31-12-4-6-18-38(31)49-43(33)35)47-46(48-42)36-17-9-15-34-32-13-5-7-19-39(32)50-44(34)36/h1-26H. The number of hydrogen-bond donors (Lipinski definition) is 0. The van der Waals surface area contributed by atoms with Crippen LogP contribution in [0, 0.1) is 0 Å². The molecule has 0 fully saturated rings. The van der Waals surface area contributed by atoms with Crippen LogP contribution in [0.4, 0.5) is 0 Å². The van der Waals surface area contributed by atoms with Crippen LogP contribution in [0.5, 0.6) is 0 Å². The van der Waals surface area contributed by atoms with E-state index >= 15 is 0 Å². The molecule has 4 heterocycles. The Morgan fingerprint density at radius 2 is 0.843 bits per heavy atom. The zero-order valence-corrected chi connectivity index (χ0v) is 27.1. The number of benzene rings is 7. The Labute approximate surface area is 291 Å². The van der Waals surface area contributed by atoms with Crippen LogP contribution in [0.15, 0.2) is 171 Å². The van der Waals surface area contributed by atoms with Crippen molar-refractivity contribution in [1.82, 2.24) is 9.97 Å². The molecule has 51 heavy (non-hydrogen) atoms. The van der Waals surface area contributed by atoms with Gasteiger partial charge in [-0.3, -0.25) is 0 Å². The van der Waals surface area contributed by atoms with Gasteiger partial charge in [-0.05, 0) is 58.7 Å². The molecule has 0 amide bonds. The number of rotatable bonds is 4. The summed E-state index contributed by atoms with van der Waals surface area (Å²) in [7, 11) is 0. The van der Waals surface area contributed by atoms with Gasteiger partial charge in [0, 0.05) is 32.5 Å². The molecule has 0 unspecified atom stereocenters. The van der Waals surface area contributed by atoms with Gasteiger partial charge in [0.15, 0.2) is 11.4 Å². The fraction of sp³-hybridized carbons (Fsp3) is 0. The van der Waals surface area contributed by atoms with Crippen LogP contribution in [0.3, 0.4) is 0 Å². The summed E-state index contributed by atoms with van der Waals surface area (Å²) in [5.41, 5.74) is 12.1. The lowest BCUT2D eigenvalue weighted by Crippen LogP contribution is -1.94. The van der Waals surface area contributed by atoms with E-state index < -0.39 is 0 Å². The molecule has 0 aliphatic rings. The minimum Gasteiger partial charge on any atom is -0.455 e. The fourth-order valence-corrected chi connectivity index (χ4v) is 7.47. The molecule has 0 N–H and O–H groups in total. The quantitative estimate of drug-likeness (QED) is 0.189. The Morgan fingerprint density at radius 3 is 1.55 bits per heavy atom. The van der Waals surface area contributed by atoms with Crippen molar-refractivity contribution in [2.24, 2.45) is 0 Å². The molecular weight excluding hydrogens is 629 g/mol. The predicted octanol–water partition coefficient (Wildman–Crippen LogP) is 12.8. The Hall–Kier alpha value is -6.98. The van der Waals surface area contributed by atoms with Crippen LogP contribution in [0.2, 0.25) is 0 Å². The van der Waals surface area contributed by atoms with Gasteiger partial charge < -0.3 is 13.3 Å². The normalized spacial score (nSPS) is 11.9. The maximum Gasteiger partial charge on any atom is 0.180 e. The molecule has 11 rings (SSSR count). The highest BCUT2D eigenvalue weighted by Gasteiger charge is 2.23. The average molecular weight is 655 g/mol. The summed E-state index contributed by atoms with van der Waals surface area (Å²) >= 11 is 0. The van der Waals surface area contributed by atoms with Crippen LogP contribution >= 0.6 is 0 Å². The summed E-state index contributed by atoms with van der Waals surface area (Å²) in [5.74, 6) is 0.551. The van der Waals surface area contributed by atoms with E-state index in [0.29, 0.717) is 17.1 Å². The highest BCUT2D eigenvalue weighted by atomic mass is 16.3. The van der Waals surface area contributed by atoms with Crippen LogP contribution in [0.25, 0.3) is 111 Å². The zero-order valence-electron chi connectivity index (χ0n) is 27.1. The number of fused-ring (bicyclic) bond motifs is 9. The van der Waals surface area contributed by atoms with Gasteiger partial charge in [-0.1, -0.05) is 121 Å². The van der Waals surface area contributed by atoms with Crippen molar-refractivity contribution in [2.45, 2.75) is 0 Å². The van der Waals surface area contributed by atoms with Gasteiger partial charge in [0.25, 0.3) is 0 Å². The molecule has 0 saturated carbocycles. The largest absolute Gasteiger partial charge is 0.455 e. The Bertz CT molecular complexity index is 3130. The van der Waals surface area contributed by atoms with E-state index in [0.717, 1.165) is 82.6 Å². The molecule has 7 aromatic carbocycles. The number of para-hydroxylation sites is 4. The van der Waals surface area contributed by atoms with Crippen molar-refractivity contribution >= 4 is 65.9 Å². The fourth-order valence-electron chi connectivity index (χ4n) is 7.47. The van der Waals surface area contributed by atoms with Crippen LogP contribution in [0.1, 0.15) is 0 Å². The zero-order chi connectivity index (χ0) is 33.5. The first-order valence-corrected chi connectivity index (χ1v) is 17.0. The first kappa shape index (κ1) is 27.9. The maximum atomic E-state index is 6.67. The predicted molar refractivity (Wildman–Crippen MR) is 206 cm³/mol. The molecule has 0 saturated heterocycles. The summed E-state index contributed by atoms with van der Waals surface area (Å²) < 4.78 is 19.7. The average Bonchev–Trinajstić information content (AvgIpc) is 3.89. The van der Waals surface area contributed by atoms with Gasteiger partial charge in [-0.25, -0.2) is 9.97 Å². The molecule has 238 valence electrons. The number of hydrogen-bond acceptors (Lipinski definition) is 5. The van der Waals surface area contributed by atoms with E-state index in [2.05, 4.69) is 84.9 Å². The molecule has 0 aliphatic carbocycles. The van der Waals surface area contributed by atoms with Gasteiger partial charge in [0.2, 0.25) is 0 Å². The molecule has 0 bridgehead atoms. The summed E-state index contributed by atoms with van der Waals surface area (Å²) in [5, 5.41) is 5.06. The molecule has 0 radical (unpaired) electrons. The van der Waals surface area contributed by atoms with E-state index in [1.165, 1.54) is 11.1 Å². The molecule has 5 heteroatoms. The van der Waals surface area contributed by atoms with Crippen LogP contribution in [-0.2, 0) is 0 Å². The van der Waals surface area contributed by atoms with Crippen molar-refractivity contribution in [2.75, 3.05) is 0 Å². The van der Waals surface area contributed by atoms with E-state index in [-0.39, 0.29) is 0 Å². The minimum absolute atomic E-state index is 0.551. The van der Waals surface area contributed by atoms with Gasteiger partial charge in [-0.15, -0.1) is 0 Å². The number of aromatic nitrogens is 2. The lowest BCUT2D eigenvalue weighted by Gasteiger charge is -2.07. The van der Waals surface area contributed by atoms with Crippen molar-refractivity contribution in [3.63, 3.8) is 0 Å². The highest BCUT2D eigenvalue weighted by Crippen LogP contribution is 2.43. The van der Waals surface area contributed by atoms with Crippen molar-refractivity contribution in [1.29, 1.82) is 0 Å². The first-order valence-electron chi connectivity index (χ1n) is 17.0. The Morgan fingerprint density at radius 1 is 0.333 bits per heavy atom. The Kier molecular flexibility index (Phi) is 5.89. The minimum atomic E-state index is 0.551. The van der Waals surface area contributed by atoms with E-state index in [1.807, 2.05) is 72.8 Å². The van der Waals surface area contributed by atoms with Crippen LogP contribution < -0.4 is 0 Å². The molecular formula is C46H26N2O3. The topological polar surface area (TPSA) is 65.2 Å². The summed E-state index contributed by atoms with van der Waals surface area (Å²) in [6.45, 7) is 0. The van der Waals surface area contributed by atoms with E-state index in [9.17, 15) is 0 Å². The van der Waals surface area contributed by atoms with Gasteiger partial charge in [0.05, 0.1) is 5.56 Å². The molecule has 11 aromatic rings. The second-order valence-corrected chi connectivity index (χ2v) is 12.9. The number of nitrogens with zero attached hydrogens (tertiary/aromatic N) is 2. The molecule has 0 spiro atoms. The number of furan rings is 3. The molecule has 0 aliphatic heterocycles. The maximum absolute atomic E-state index is 6.67. The molecule has 5 nitrogen and oxygen atoms in total. The lowest BCUT2D eigenvalue weighted by atomic mass is 9.99. The second kappa shape index (κ2) is 10.8. The van der Waals surface area contributed by atoms with Gasteiger partial charge in [0.1, 0.15) is 39.1 Å². The van der Waals surface area contributed by atoms with Crippen LogP contribution in [-0.4, -0.2) is 9.97 Å². The Balaban J connectivity index is 1.17. The monoisotopic (exact) mass is 654 g/mol. The molecule has 4 aromatic heterocycles. The lowest BCUT2D eigenvalue weighted by molar-refractivity contribution is 0.662. The van der Waals surface area contributed by atoms with Gasteiger partial charge >= 0.3 is 0 Å². The third-order valence-electron chi connectivity index (χ3n) is 9.94. The summed E-state index contributed by atoms with van der Waals surface area (Å²) in [6, 6.07) is 54.0. The summed E-state index contributed by atoms with van der Waals surface area (Å²) in [6.07, 6.45) is 0. The first-order chi connectivity index (χ1) is 25.3. The second-order valence-electron chi connectivity index (χ2n) is 12.9. The third-order valence-corrected chi connectivity index (χ3v) is 9.94. The van der Waals surface area contributed by atoms with E-state index in [4.69, 9.17) is 23.2 Å². The highest BCUT2D eigenvalue weighted by molar-refractivity contribution is 6.15. The third kappa shape index (κ3) is 4.28. The molecule has 0 atom stereocenters.